The van der Waals surface area contributed by atoms with Gasteiger partial charge in [-0.05, 0) is 17.8 Å². The Bertz CT molecular complexity index is 825. The van der Waals surface area contributed by atoms with Crippen LogP contribution >= 0.6 is 11.8 Å². The molecule has 0 N–H and O–H groups in total. The lowest BCUT2D eigenvalue weighted by Crippen LogP contribution is -2.38. The van der Waals surface area contributed by atoms with Gasteiger partial charge in [-0.2, -0.15) is 4.99 Å². The normalized spacial score (nSPS) is 23.1. The lowest BCUT2D eigenvalue weighted by atomic mass is 10.1. The Morgan fingerprint density at radius 1 is 1.24 bits per heavy atom. The highest BCUT2D eigenvalue weighted by molar-refractivity contribution is 8.18. The molecule has 7 heteroatoms. The third-order valence-electron chi connectivity index (χ3n) is 4.33. The van der Waals surface area contributed by atoms with Crippen LogP contribution in [0, 0.1) is 0 Å². The van der Waals surface area contributed by atoms with Crippen LogP contribution in [0.2, 0.25) is 0 Å². The van der Waals surface area contributed by atoms with Gasteiger partial charge in [0, 0.05) is 25.2 Å². The molecule has 25 heavy (non-hydrogen) atoms. The number of hydrogen-bond donors (Lipinski definition) is 0. The summed E-state index contributed by atoms with van der Waals surface area (Å²) >= 11 is 1.29. The first-order valence-electron chi connectivity index (χ1n) is 8.10. The molecule has 0 atom stereocenters. The second-order valence-corrected chi connectivity index (χ2v) is 6.80. The molecule has 1 fully saturated rings. The molecular formula is C18H17N3O3S. The number of anilines is 1. The zero-order valence-corrected chi connectivity index (χ0v) is 14.4. The van der Waals surface area contributed by atoms with Gasteiger partial charge < -0.3 is 14.5 Å². The summed E-state index contributed by atoms with van der Waals surface area (Å²) in [6.07, 6.45) is 1.68. The van der Waals surface area contributed by atoms with E-state index in [0.29, 0.717) is 48.5 Å². The Morgan fingerprint density at radius 2 is 2.00 bits per heavy atom. The first kappa shape index (κ1) is 16.1. The summed E-state index contributed by atoms with van der Waals surface area (Å²) in [6, 6.07) is 7.52. The zero-order valence-electron chi connectivity index (χ0n) is 13.6. The van der Waals surface area contributed by atoms with Crippen molar-refractivity contribution in [3.05, 3.63) is 47.4 Å². The largest absolute Gasteiger partial charge is 0.378 e. The first-order chi connectivity index (χ1) is 12.2. The van der Waals surface area contributed by atoms with Crippen LogP contribution < -0.4 is 4.90 Å². The van der Waals surface area contributed by atoms with Gasteiger partial charge in [0.1, 0.15) is 0 Å². The number of carbonyl (C=O) groups is 2. The number of hydrogen-bond acceptors (Lipinski definition) is 5. The molecule has 3 aliphatic rings. The van der Waals surface area contributed by atoms with Gasteiger partial charge in [-0.25, -0.2) is 0 Å². The Labute approximate surface area is 149 Å². The predicted octanol–water partition coefficient (Wildman–Crippen LogP) is 1.89. The maximum atomic E-state index is 12.9. The van der Waals surface area contributed by atoms with Gasteiger partial charge in [-0.1, -0.05) is 24.3 Å². The Balaban J connectivity index is 1.72. The lowest BCUT2D eigenvalue weighted by Gasteiger charge is -2.27. The van der Waals surface area contributed by atoms with Crippen LogP contribution in [0.5, 0.6) is 0 Å². The maximum Gasteiger partial charge on any atom is 0.287 e. The summed E-state index contributed by atoms with van der Waals surface area (Å²) in [5.74, 6) is -0.513. The molecule has 0 aliphatic carbocycles. The van der Waals surface area contributed by atoms with E-state index >= 15 is 0 Å². The van der Waals surface area contributed by atoms with Crippen molar-refractivity contribution in [2.24, 2.45) is 4.99 Å². The smallest absolute Gasteiger partial charge is 0.287 e. The van der Waals surface area contributed by atoms with E-state index in [9.17, 15) is 9.59 Å². The number of thioether (sulfide) groups is 1. The van der Waals surface area contributed by atoms with Crippen molar-refractivity contribution >= 4 is 40.0 Å². The molecule has 6 nitrogen and oxygen atoms in total. The fraction of sp³-hybridized carbons (Fsp3) is 0.278. The molecule has 0 spiro atoms. The second kappa shape index (κ2) is 6.50. The lowest BCUT2D eigenvalue weighted by molar-refractivity contribution is -0.115. The van der Waals surface area contributed by atoms with Gasteiger partial charge in [0.15, 0.2) is 5.17 Å². The van der Waals surface area contributed by atoms with Crippen molar-refractivity contribution in [1.82, 2.24) is 4.90 Å². The molecule has 1 aromatic rings. The minimum absolute atomic E-state index is 0.171. The number of morpholine rings is 1. The van der Waals surface area contributed by atoms with E-state index < -0.39 is 0 Å². The van der Waals surface area contributed by atoms with Crippen molar-refractivity contribution in [3.63, 3.8) is 0 Å². The van der Waals surface area contributed by atoms with Crippen LogP contribution in [0.25, 0.3) is 5.57 Å². The van der Waals surface area contributed by atoms with E-state index in [1.807, 2.05) is 29.2 Å². The molecule has 0 unspecified atom stereocenters. The predicted molar refractivity (Wildman–Crippen MR) is 98.3 cm³/mol. The number of amides is 2. The quantitative estimate of drug-likeness (QED) is 0.599. The Morgan fingerprint density at radius 3 is 2.76 bits per heavy atom. The summed E-state index contributed by atoms with van der Waals surface area (Å²) in [4.78, 5) is 33.7. The number of benzene rings is 1. The third kappa shape index (κ3) is 2.69. The molecule has 3 heterocycles. The van der Waals surface area contributed by atoms with E-state index in [4.69, 9.17) is 4.74 Å². The zero-order chi connectivity index (χ0) is 17.4. The molecule has 0 radical (unpaired) electrons. The van der Waals surface area contributed by atoms with Crippen molar-refractivity contribution in [1.29, 1.82) is 0 Å². The number of rotatable bonds is 2. The number of ether oxygens (including phenoxy) is 1. The minimum Gasteiger partial charge on any atom is -0.378 e. The van der Waals surface area contributed by atoms with Crippen LogP contribution in [0.4, 0.5) is 5.69 Å². The molecule has 0 saturated carbocycles. The molecule has 0 aromatic heterocycles. The van der Waals surface area contributed by atoms with E-state index in [0.717, 1.165) is 11.3 Å². The van der Waals surface area contributed by atoms with Crippen LogP contribution in [-0.4, -0.2) is 54.7 Å². The number of aliphatic imine (C=N–C) groups is 1. The van der Waals surface area contributed by atoms with Crippen LogP contribution in [0.3, 0.4) is 0 Å². The molecule has 2 amide bonds. The molecular weight excluding hydrogens is 338 g/mol. The summed E-state index contributed by atoms with van der Waals surface area (Å²) < 4.78 is 5.34. The molecule has 1 saturated heterocycles. The molecule has 128 valence electrons. The number of amidine groups is 1. The van der Waals surface area contributed by atoms with E-state index in [1.54, 1.807) is 11.0 Å². The van der Waals surface area contributed by atoms with Gasteiger partial charge in [0.05, 0.1) is 29.4 Å². The molecule has 1 aromatic carbocycles. The second-order valence-electron chi connectivity index (χ2n) is 5.83. The number of para-hydroxylation sites is 1. The van der Waals surface area contributed by atoms with Crippen molar-refractivity contribution in [2.45, 2.75) is 0 Å². The number of fused-ring (bicyclic) bond motifs is 1. The molecule has 3 aliphatic heterocycles. The SMILES string of the molecule is C=CCN1C(=O)/C(=C2\SC(N3CCOCC3)=NC2=O)c2ccccc21. The first-order valence-corrected chi connectivity index (χ1v) is 8.92. The van der Waals surface area contributed by atoms with Crippen molar-refractivity contribution in [2.75, 3.05) is 37.7 Å². The number of carbonyl (C=O) groups excluding carboxylic acids is 2. The highest BCUT2D eigenvalue weighted by Gasteiger charge is 2.39. The highest BCUT2D eigenvalue weighted by atomic mass is 32.2. The summed E-state index contributed by atoms with van der Waals surface area (Å²) in [7, 11) is 0. The van der Waals surface area contributed by atoms with E-state index in [2.05, 4.69) is 11.6 Å². The van der Waals surface area contributed by atoms with E-state index in [1.165, 1.54) is 11.8 Å². The maximum absolute atomic E-state index is 12.9. The van der Waals surface area contributed by atoms with Crippen molar-refractivity contribution in [3.8, 4) is 0 Å². The fourth-order valence-corrected chi connectivity index (χ4v) is 4.21. The highest BCUT2D eigenvalue weighted by Crippen LogP contribution is 2.43. The summed E-state index contributed by atoms with van der Waals surface area (Å²) in [5, 5.41) is 0.656. The monoisotopic (exact) mass is 355 g/mol. The number of nitrogens with zero attached hydrogens (tertiary/aromatic N) is 3. The van der Waals surface area contributed by atoms with Gasteiger partial charge in [0.25, 0.3) is 11.8 Å². The van der Waals surface area contributed by atoms with Crippen LogP contribution in [-0.2, 0) is 14.3 Å². The van der Waals surface area contributed by atoms with E-state index in [-0.39, 0.29) is 11.8 Å². The van der Waals surface area contributed by atoms with Crippen LogP contribution in [0.1, 0.15) is 5.56 Å². The molecule has 4 rings (SSSR count). The summed E-state index contributed by atoms with van der Waals surface area (Å²) in [5.41, 5.74) is 2.03. The fourth-order valence-electron chi connectivity index (χ4n) is 3.15. The van der Waals surface area contributed by atoms with Gasteiger partial charge in [0.2, 0.25) is 0 Å². The Kier molecular flexibility index (Phi) is 4.19. The topological polar surface area (TPSA) is 62.2 Å². The average Bonchev–Trinajstić information content (AvgIpc) is 3.14. The molecule has 0 bridgehead atoms. The average molecular weight is 355 g/mol. The van der Waals surface area contributed by atoms with Gasteiger partial charge in [-0.3, -0.25) is 9.59 Å². The van der Waals surface area contributed by atoms with Crippen molar-refractivity contribution < 1.29 is 14.3 Å². The minimum atomic E-state index is -0.343. The van der Waals surface area contributed by atoms with Gasteiger partial charge in [-0.15, -0.1) is 6.58 Å². The van der Waals surface area contributed by atoms with Crippen LogP contribution in [0.15, 0.2) is 46.8 Å². The third-order valence-corrected chi connectivity index (χ3v) is 5.44. The Hall–Kier alpha value is -2.38. The summed E-state index contributed by atoms with van der Waals surface area (Å²) in [6.45, 7) is 6.77. The standard InChI is InChI=1S/C18H17N3O3S/c1-2-7-21-13-6-4-3-5-12(13)14(17(21)23)15-16(22)19-18(25-15)20-8-10-24-11-9-20/h2-6H,1,7-11H2/b15-14-. The van der Waals surface area contributed by atoms with Gasteiger partial charge >= 0.3 is 0 Å².